The van der Waals surface area contributed by atoms with E-state index < -0.39 is 0 Å². The molecule has 0 aliphatic carbocycles. The van der Waals surface area contributed by atoms with Gasteiger partial charge in [0.05, 0.1) is 6.61 Å². The van der Waals surface area contributed by atoms with Crippen LogP contribution in [0.3, 0.4) is 0 Å². The van der Waals surface area contributed by atoms with E-state index in [1.807, 2.05) is 0 Å². The highest BCUT2D eigenvalue weighted by Crippen LogP contribution is 2.04. The number of hydrogen-bond donors (Lipinski definition) is 0. The first-order valence-electron chi connectivity index (χ1n) is 4.02. The van der Waals surface area contributed by atoms with E-state index in [0.29, 0.717) is 25.2 Å². The smallest absolute Gasteiger partial charge is 0.307 e. The van der Waals surface area contributed by atoms with Gasteiger partial charge in [-0.1, -0.05) is 6.58 Å². The van der Waals surface area contributed by atoms with Crippen molar-refractivity contribution in [3.8, 4) is 0 Å². The number of carbonyl (C=O) groups excluding carboxylic acids is 2. The highest BCUT2D eigenvalue weighted by Gasteiger charge is 1.99. The molecule has 0 N–H and O–H groups in total. The van der Waals surface area contributed by atoms with E-state index in [9.17, 15) is 9.59 Å². The third-order valence-electron chi connectivity index (χ3n) is 1.19. The molecule has 0 atom stereocenters. The summed E-state index contributed by atoms with van der Waals surface area (Å²) in [4.78, 5) is 20.8. The number of hydrogen-bond acceptors (Lipinski definition) is 4. The molecule has 0 heterocycles. The third kappa shape index (κ3) is 8.59. The Hall–Kier alpha value is -1.32. The summed E-state index contributed by atoms with van der Waals surface area (Å²) in [5.74, 6) is -0.282. The maximum atomic E-state index is 10.4. The van der Waals surface area contributed by atoms with Gasteiger partial charge in [0.15, 0.2) is 0 Å². The molecule has 0 aromatic heterocycles. The van der Waals surface area contributed by atoms with Gasteiger partial charge in [0.2, 0.25) is 0 Å². The molecule has 0 bridgehead atoms. The average molecular weight is 186 g/mol. The fourth-order valence-corrected chi connectivity index (χ4v) is 0.740. The third-order valence-corrected chi connectivity index (χ3v) is 1.19. The summed E-state index contributed by atoms with van der Waals surface area (Å²) in [6, 6.07) is 0. The Labute approximate surface area is 77.5 Å². The summed E-state index contributed by atoms with van der Waals surface area (Å²) in [5.41, 5.74) is 0. The first-order valence-corrected chi connectivity index (χ1v) is 4.02. The van der Waals surface area contributed by atoms with Crippen LogP contribution in [0, 0.1) is 0 Å². The van der Waals surface area contributed by atoms with Crippen LogP contribution in [0.25, 0.3) is 0 Å². The summed E-state index contributed by atoms with van der Waals surface area (Å²) in [6.07, 6.45) is 1.14. The molecule has 74 valence electrons. The molecule has 0 saturated carbocycles. The Morgan fingerprint density at radius 2 is 1.85 bits per heavy atom. The number of esters is 2. The predicted octanol–water partition coefficient (Wildman–Crippen LogP) is 1.41. The van der Waals surface area contributed by atoms with Gasteiger partial charge in [-0.15, -0.1) is 0 Å². The van der Waals surface area contributed by atoms with E-state index >= 15 is 0 Å². The zero-order valence-corrected chi connectivity index (χ0v) is 7.96. The van der Waals surface area contributed by atoms with Crippen molar-refractivity contribution in [2.75, 3.05) is 6.61 Å². The molecule has 4 nitrogen and oxygen atoms in total. The van der Waals surface area contributed by atoms with Crippen molar-refractivity contribution in [1.29, 1.82) is 0 Å². The van der Waals surface area contributed by atoms with Crippen molar-refractivity contribution in [2.24, 2.45) is 0 Å². The number of carbonyl (C=O) groups is 2. The predicted molar refractivity (Wildman–Crippen MR) is 46.8 cm³/mol. The number of rotatable bonds is 5. The minimum absolute atomic E-state index is 0.307. The second-order valence-electron chi connectivity index (χ2n) is 2.58. The molecule has 0 aromatic carbocycles. The van der Waals surface area contributed by atoms with Crippen molar-refractivity contribution in [3.63, 3.8) is 0 Å². The maximum absolute atomic E-state index is 10.4. The Bertz CT molecular complexity index is 208. The summed E-state index contributed by atoms with van der Waals surface area (Å²) < 4.78 is 9.36. The molecule has 0 unspecified atom stereocenters. The molecule has 4 heteroatoms. The van der Waals surface area contributed by atoms with E-state index in [0.717, 1.165) is 0 Å². The minimum atomic E-state index is -0.377. The average Bonchev–Trinajstić information content (AvgIpc) is 1.96. The zero-order chi connectivity index (χ0) is 10.3. The van der Waals surface area contributed by atoms with Crippen molar-refractivity contribution in [1.82, 2.24) is 0 Å². The van der Waals surface area contributed by atoms with E-state index in [1.165, 1.54) is 13.8 Å². The lowest BCUT2D eigenvalue weighted by atomic mass is 10.3. The van der Waals surface area contributed by atoms with E-state index in [4.69, 9.17) is 0 Å². The number of allylic oxidation sites excluding steroid dienone is 1. The molecular formula is C9H14O4. The van der Waals surface area contributed by atoms with Crippen LogP contribution in [-0.2, 0) is 19.1 Å². The first kappa shape index (κ1) is 11.7. The van der Waals surface area contributed by atoms with Gasteiger partial charge in [0, 0.05) is 20.3 Å². The van der Waals surface area contributed by atoms with Crippen molar-refractivity contribution >= 4 is 11.9 Å². The molecular weight excluding hydrogens is 172 g/mol. The topological polar surface area (TPSA) is 52.6 Å². The molecule has 0 amide bonds. The standard InChI is InChI=1S/C9H14O4/c1-7(13-9(3)11)5-4-6-12-8(2)10/h1,4-6H2,2-3H3. The molecule has 0 spiro atoms. The summed E-state index contributed by atoms with van der Waals surface area (Å²) >= 11 is 0. The normalized spacial score (nSPS) is 9.08. The highest BCUT2D eigenvalue weighted by atomic mass is 16.5. The van der Waals surface area contributed by atoms with Crippen LogP contribution in [0.15, 0.2) is 12.3 Å². The Kier molecular flexibility index (Phi) is 5.59. The number of ether oxygens (including phenoxy) is 2. The van der Waals surface area contributed by atoms with Gasteiger partial charge in [-0.25, -0.2) is 0 Å². The molecule has 0 aliphatic heterocycles. The van der Waals surface area contributed by atoms with Gasteiger partial charge in [0.25, 0.3) is 0 Å². The molecule has 0 aliphatic rings. The van der Waals surface area contributed by atoms with Crippen molar-refractivity contribution < 1.29 is 19.1 Å². The fraction of sp³-hybridized carbons (Fsp3) is 0.556. The first-order chi connectivity index (χ1) is 6.02. The molecule has 13 heavy (non-hydrogen) atoms. The second-order valence-corrected chi connectivity index (χ2v) is 2.58. The SMILES string of the molecule is C=C(CCCOC(C)=O)OC(C)=O. The van der Waals surface area contributed by atoms with Gasteiger partial charge >= 0.3 is 11.9 Å². The largest absolute Gasteiger partial charge is 0.466 e. The minimum Gasteiger partial charge on any atom is -0.466 e. The Balaban J connectivity index is 3.37. The maximum Gasteiger partial charge on any atom is 0.307 e. The molecule has 0 fully saturated rings. The van der Waals surface area contributed by atoms with E-state index in [1.54, 1.807) is 0 Å². The second kappa shape index (κ2) is 6.22. The van der Waals surface area contributed by atoms with Gasteiger partial charge in [0.1, 0.15) is 5.76 Å². The monoisotopic (exact) mass is 186 g/mol. The fourth-order valence-electron chi connectivity index (χ4n) is 0.740. The highest BCUT2D eigenvalue weighted by molar-refractivity contribution is 5.67. The van der Waals surface area contributed by atoms with Crippen LogP contribution in [0.2, 0.25) is 0 Å². The lowest BCUT2D eigenvalue weighted by Gasteiger charge is -2.04. The van der Waals surface area contributed by atoms with Gasteiger partial charge < -0.3 is 9.47 Å². The van der Waals surface area contributed by atoms with E-state index in [2.05, 4.69) is 16.1 Å². The van der Waals surface area contributed by atoms with Crippen LogP contribution < -0.4 is 0 Å². The summed E-state index contributed by atoms with van der Waals surface area (Å²) in [5, 5.41) is 0. The lowest BCUT2D eigenvalue weighted by Crippen LogP contribution is -2.02. The molecule has 0 radical (unpaired) electrons. The van der Waals surface area contributed by atoms with Crippen LogP contribution in [0.5, 0.6) is 0 Å². The van der Waals surface area contributed by atoms with Crippen LogP contribution in [0.4, 0.5) is 0 Å². The van der Waals surface area contributed by atoms with Crippen LogP contribution >= 0.6 is 0 Å². The Morgan fingerprint density at radius 3 is 2.31 bits per heavy atom. The zero-order valence-electron chi connectivity index (χ0n) is 7.96. The van der Waals surface area contributed by atoms with Gasteiger partial charge in [-0.3, -0.25) is 9.59 Å². The van der Waals surface area contributed by atoms with E-state index in [-0.39, 0.29) is 11.9 Å². The quantitative estimate of drug-likeness (QED) is 0.370. The van der Waals surface area contributed by atoms with Crippen molar-refractivity contribution in [2.45, 2.75) is 26.7 Å². The summed E-state index contributed by atoms with van der Waals surface area (Å²) in [7, 11) is 0. The van der Waals surface area contributed by atoms with Crippen LogP contribution in [-0.4, -0.2) is 18.5 Å². The summed E-state index contributed by atoms with van der Waals surface area (Å²) in [6.45, 7) is 6.52. The van der Waals surface area contributed by atoms with Crippen LogP contribution in [0.1, 0.15) is 26.7 Å². The molecule has 0 saturated heterocycles. The molecule has 0 aromatic rings. The van der Waals surface area contributed by atoms with Gasteiger partial charge in [-0.05, 0) is 6.42 Å². The van der Waals surface area contributed by atoms with Crippen molar-refractivity contribution in [3.05, 3.63) is 12.3 Å². The Morgan fingerprint density at radius 1 is 1.23 bits per heavy atom. The lowest BCUT2D eigenvalue weighted by molar-refractivity contribution is -0.141. The molecule has 0 rings (SSSR count). The van der Waals surface area contributed by atoms with Gasteiger partial charge in [-0.2, -0.15) is 0 Å².